The van der Waals surface area contributed by atoms with Crippen LogP contribution < -0.4 is 15.6 Å². The van der Waals surface area contributed by atoms with Crippen molar-refractivity contribution in [3.63, 3.8) is 0 Å². The molecule has 2 N–H and O–H groups in total. The molecule has 8 nitrogen and oxygen atoms in total. The molecule has 10 heteroatoms. The van der Waals surface area contributed by atoms with Crippen LogP contribution in [0.2, 0.25) is 5.02 Å². The third-order valence-corrected chi connectivity index (χ3v) is 7.56. The van der Waals surface area contributed by atoms with Crippen LogP contribution >= 0.6 is 11.6 Å². The van der Waals surface area contributed by atoms with Crippen molar-refractivity contribution in [1.82, 2.24) is 20.1 Å². The maximum atomic E-state index is 15.0. The number of benzene rings is 1. The Morgan fingerprint density at radius 1 is 1.29 bits per heavy atom. The maximum absolute atomic E-state index is 15.0. The predicted octanol–water partition coefficient (Wildman–Crippen LogP) is 3.33. The third kappa shape index (κ3) is 3.10. The van der Waals surface area contributed by atoms with Gasteiger partial charge >= 0.3 is 0 Å². The van der Waals surface area contributed by atoms with Gasteiger partial charge in [0.25, 0.3) is 5.56 Å². The molecule has 3 aliphatic rings. The van der Waals surface area contributed by atoms with Gasteiger partial charge in [-0.2, -0.15) is 5.10 Å². The van der Waals surface area contributed by atoms with E-state index in [0.29, 0.717) is 47.8 Å². The van der Waals surface area contributed by atoms with Crippen molar-refractivity contribution >= 4 is 23.2 Å². The van der Waals surface area contributed by atoms with Crippen LogP contribution in [-0.4, -0.2) is 45.7 Å². The van der Waals surface area contributed by atoms with E-state index >= 15 is 4.39 Å². The lowest BCUT2D eigenvalue weighted by molar-refractivity contribution is -0.132. The number of fused-ring (bicyclic) bond motifs is 3. The summed E-state index contributed by atoms with van der Waals surface area (Å²) in [5.74, 6) is 0.0523. The lowest BCUT2D eigenvalue weighted by atomic mass is 9.74. The molecule has 2 bridgehead atoms. The lowest BCUT2D eigenvalue weighted by Crippen LogP contribution is -2.42. The summed E-state index contributed by atoms with van der Waals surface area (Å²) in [6, 6.07) is 7.82. The minimum Gasteiger partial charge on any atom is -0.481 e. The highest BCUT2D eigenvalue weighted by Gasteiger charge is 2.63. The zero-order chi connectivity index (χ0) is 23.6. The van der Waals surface area contributed by atoms with E-state index in [4.69, 9.17) is 16.3 Å². The first-order valence-corrected chi connectivity index (χ1v) is 11.4. The van der Waals surface area contributed by atoms with E-state index in [1.54, 1.807) is 30.5 Å². The largest absolute Gasteiger partial charge is 0.481 e. The van der Waals surface area contributed by atoms with Crippen LogP contribution in [-0.2, 0) is 11.2 Å². The molecule has 0 radical (unpaired) electrons. The van der Waals surface area contributed by atoms with E-state index in [1.807, 2.05) is 4.90 Å². The number of anilines is 1. The van der Waals surface area contributed by atoms with Gasteiger partial charge in [-0.3, -0.25) is 9.59 Å². The number of rotatable bonds is 5. The second-order valence-electron chi connectivity index (χ2n) is 9.17. The lowest BCUT2D eigenvalue weighted by Gasteiger charge is -2.39. The van der Waals surface area contributed by atoms with Crippen LogP contribution in [0.25, 0.3) is 11.1 Å². The number of aromatic amines is 1. The zero-order valence-corrected chi connectivity index (χ0v) is 19.0. The van der Waals surface area contributed by atoms with E-state index in [9.17, 15) is 9.59 Å². The van der Waals surface area contributed by atoms with Crippen molar-refractivity contribution in [2.75, 3.05) is 19.0 Å². The number of carbonyl (C=O) groups is 1. The van der Waals surface area contributed by atoms with Crippen molar-refractivity contribution in [3.05, 3.63) is 69.0 Å². The van der Waals surface area contributed by atoms with Gasteiger partial charge in [-0.15, -0.1) is 0 Å². The molecule has 0 spiro atoms. The van der Waals surface area contributed by atoms with Crippen LogP contribution in [0.3, 0.4) is 0 Å². The smallest absolute Gasteiger partial charge is 0.264 e. The van der Waals surface area contributed by atoms with Gasteiger partial charge < -0.3 is 15.0 Å². The van der Waals surface area contributed by atoms with Gasteiger partial charge in [0.1, 0.15) is 5.82 Å². The van der Waals surface area contributed by atoms with Crippen LogP contribution in [0, 0.1) is 11.2 Å². The molecular formula is C24H21ClFN5O3. The standard InChI is InChI=1S/C24H21ClFN5O3/c1-34-21-3-2-12(10-27-21)15-6-17(26)18(7-16(15)25)28-11-24-8-14-4-13-5-20(32)29-30-22(13)19(9-24)31(14)23(24)33/h2-3,5-7,10,14,19,28H,4,8-9,11H2,1H3,(H,29,32)/t14-,19-,24?/m1/s1. The molecule has 0 saturated carbocycles. The molecule has 174 valence electrons. The van der Waals surface area contributed by atoms with Gasteiger partial charge in [-0.1, -0.05) is 11.6 Å². The number of aromatic nitrogens is 3. The average Bonchev–Trinajstić information content (AvgIpc) is 3.26. The molecule has 3 atom stereocenters. The first kappa shape index (κ1) is 21.1. The van der Waals surface area contributed by atoms with Gasteiger partial charge in [-0.05, 0) is 43.0 Å². The summed E-state index contributed by atoms with van der Waals surface area (Å²) in [7, 11) is 1.52. The summed E-state index contributed by atoms with van der Waals surface area (Å²) in [4.78, 5) is 31.0. The minimum absolute atomic E-state index is 0.0301. The zero-order valence-electron chi connectivity index (χ0n) is 18.3. The van der Waals surface area contributed by atoms with E-state index in [1.165, 1.54) is 13.2 Å². The SMILES string of the molecule is COc1ccc(-c2cc(F)c(NCC34C[C@H]5Cc6cc(=O)[nH]nc6[C@@H](C3)N5C4=O)cc2Cl)cn1. The first-order valence-electron chi connectivity index (χ1n) is 11.0. The Kier molecular flexibility index (Phi) is 4.67. The van der Waals surface area contributed by atoms with E-state index in [-0.39, 0.29) is 29.2 Å². The number of halogens is 2. The van der Waals surface area contributed by atoms with Gasteiger partial charge in [0, 0.05) is 42.0 Å². The Bertz CT molecular complexity index is 1380. The number of hydrogen-bond acceptors (Lipinski definition) is 6. The highest BCUT2D eigenvalue weighted by Crippen LogP contribution is 2.57. The molecule has 5 heterocycles. The van der Waals surface area contributed by atoms with Crippen LogP contribution in [0.4, 0.5) is 10.1 Å². The van der Waals surface area contributed by atoms with E-state index in [0.717, 1.165) is 11.3 Å². The van der Waals surface area contributed by atoms with Gasteiger partial charge in [-0.25, -0.2) is 14.5 Å². The fraction of sp³-hybridized carbons (Fsp3) is 0.333. The molecule has 2 aromatic heterocycles. The molecule has 2 saturated heterocycles. The second kappa shape index (κ2) is 7.53. The molecule has 34 heavy (non-hydrogen) atoms. The summed E-state index contributed by atoms with van der Waals surface area (Å²) in [6.45, 7) is 0.296. The van der Waals surface area contributed by atoms with Crippen molar-refractivity contribution in [3.8, 4) is 17.0 Å². The number of carbonyl (C=O) groups excluding carboxylic acids is 1. The van der Waals surface area contributed by atoms with E-state index in [2.05, 4.69) is 20.5 Å². The molecule has 1 amide bonds. The number of pyridine rings is 1. The Morgan fingerprint density at radius 3 is 2.91 bits per heavy atom. The number of hydrogen-bond donors (Lipinski definition) is 2. The number of nitrogens with one attached hydrogen (secondary N) is 2. The Hall–Kier alpha value is -3.46. The number of amides is 1. The molecule has 1 aromatic carbocycles. The molecule has 0 aliphatic carbocycles. The summed E-state index contributed by atoms with van der Waals surface area (Å²) < 4.78 is 20.1. The Morgan fingerprint density at radius 2 is 2.15 bits per heavy atom. The van der Waals surface area contributed by atoms with Gasteiger partial charge in [0.05, 0.1) is 35.0 Å². The number of H-pyrrole nitrogens is 1. The number of nitrogens with zero attached hydrogens (tertiary/aromatic N) is 3. The van der Waals surface area contributed by atoms with Crippen molar-refractivity contribution in [1.29, 1.82) is 0 Å². The maximum Gasteiger partial charge on any atom is 0.264 e. The Balaban J connectivity index is 1.24. The highest BCUT2D eigenvalue weighted by atomic mass is 35.5. The second-order valence-corrected chi connectivity index (χ2v) is 9.58. The molecule has 3 aromatic rings. The quantitative estimate of drug-likeness (QED) is 0.580. The number of methoxy groups -OCH3 is 1. The normalized spacial score (nSPS) is 24.3. The highest BCUT2D eigenvalue weighted by molar-refractivity contribution is 6.33. The Labute approximate surface area is 199 Å². The third-order valence-electron chi connectivity index (χ3n) is 7.25. The van der Waals surface area contributed by atoms with Crippen molar-refractivity contribution in [2.45, 2.75) is 31.3 Å². The van der Waals surface area contributed by atoms with Crippen molar-refractivity contribution in [2.24, 2.45) is 5.41 Å². The summed E-state index contributed by atoms with van der Waals surface area (Å²) in [5.41, 5.74) is 2.24. The summed E-state index contributed by atoms with van der Waals surface area (Å²) >= 11 is 6.48. The predicted molar refractivity (Wildman–Crippen MR) is 123 cm³/mol. The monoisotopic (exact) mass is 481 g/mol. The fourth-order valence-electron chi connectivity index (χ4n) is 5.72. The first-order chi connectivity index (χ1) is 16.4. The minimum atomic E-state index is -0.637. The van der Waals surface area contributed by atoms with Crippen LogP contribution in [0.15, 0.2) is 41.3 Å². The van der Waals surface area contributed by atoms with Gasteiger partial charge in [0.15, 0.2) is 0 Å². The number of ether oxygens (including phenoxy) is 1. The molecular weight excluding hydrogens is 461 g/mol. The average molecular weight is 482 g/mol. The van der Waals surface area contributed by atoms with Crippen LogP contribution in [0.1, 0.15) is 30.1 Å². The molecule has 3 aliphatic heterocycles. The number of piperidine rings is 1. The fourth-order valence-corrected chi connectivity index (χ4v) is 5.99. The van der Waals surface area contributed by atoms with Crippen molar-refractivity contribution < 1.29 is 13.9 Å². The summed E-state index contributed by atoms with van der Waals surface area (Å²) in [5, 5.41) is 10.2. The van der Waals surface area contributed by atoms with Crippen LogP contribution in [0.5, 0.6) is 5.88 Å². The summed E-state index contributed by atoms with van der Waals surface area (Å²) in [6.07, 6.45) is 3.42. The topological polar surface area (TPSA) is 100 Å². The molecule has 6 rings (SSSR count). The molecule has 2 fully saturated rings. The van der Waals surface area contributed by atoms with Gasteiger partial charge in [0.2, 0.25) is 11.8 Å². The van der Waals surface area contributed by atoms with E-state index < -0.39 is 11.2 Å². The molecule has 1 unspecified atom stereocenters.